The number of rotatable bonds is 5. The summed E-state index contributed by atoms with van der Waals surface area (Å²) >= 11 is 0. The summed E-state index contributed by atoms with van der Waals surface area (Å²) in [6.45, 7) is 1.40. The maximum Gasteiger partial charge on any atom is 0.322 e. The zero-order chi connectivity index (χ0) is 22.3. The number of aromatic hydroxyl groups is 1. The van der Waals surface area contributed by atoms with Gasteiger partial charge in [0, 0.05) is 24.2 Å². The second-order valence-corrected chi connectivity index (χ2v) is 10.1. The van der Waals surface area contributed by atoms with Gasteiger partial charge in [0.25, 0.3) is 0 Å². The number of nitrogens with one attached hydrogen (secondary N) is 1. The molecule has 0 unspecified atom stereocenters. The number of phenols is 1. The van der Waals surface area contributed by atoms with Gasteiger partial charge in [-0.1, -0.05) is 6.07 Å². The van der Waals surface area contributed by atoms with E-state index in [9.17, 15) is 19.8 Å². The van der Waals surface area contributed by atoms with E-state index < -0.39 is 35.5 Å². The molecular weight excluding hydrogens is 412 g/mol. The number of carbonyl (C=O) groups excluding carboxylic acids is 1. The van der Waals surface area contributed by atoms with Crippen molar-refractivity contribution in [2.24, 2.45) is 5.92 Å². The Balaban J connectivity index is 1.44. The Morgan fingerprint density at radius 2 is 2.09 bits per heavy atom. The van der Waals surface area contributed by atoms with Gasteiger partial charge in [-0.2, -0.15) is 0 Å². The Morgan fingerprint density at radius 3 is 2.84 bits per heavy atom. The van der Waals surface area contributed by atoms with Crippen LogP contribution in [-0.2, 0) is 21.4 Å². The molecule has 1 aromatic rings. The number of hydrogen-bond donors (Lipinski definition) is 4. The molecule has 0 radical (unpaired) electrons. The molecule has 4 N–H and O–H groups in total. The van der Waals surface area contributed by atoms with Crippen LogP contribution < -0.4 is 10.1 Å². The number of ether oxygens (including phenoxy) is 1. The molecule has 8 nitrogen and oxygen atoms in total. The Morgan fingerprint density at radius 1 is 1.28 bits per heavy atom. The molecule has 3 aliphatic carbocycles. The topological polar surface area (TPSA) is 119 Å². The van der Waals surface area contributed by atoms with Crippen molar-refractivity contribution >= 4 is 11.9 Å². The van der Waals surface area contributed by atoms with Gasteiger partial charge in [-0.25, -0.2) is 0 Å². The van der Waals surface area contributed by atoms with Crippen molar-refractivity contribution in [3.63, 3.8) is 0 Å². The first-order valence-electron chi connectivity index (χ1n) is 11.5. The van der Waals surface area contributed by atoms with Crippen LogP contribution in [0.2, 0.25) is 0 Å². The molecule has 0 aromatic heterocycles. The number of amides is 1. The highest BCUT2D eigenvalue weighted by Gasteiger charge is 2.72. The Bertz CT molecular complexity index is 1050. The van der Waals surface area contributed by atoms with Gasteiger partial charge in [-0.05, 0) is 68.2 Å². The van der Waals surface area contributed by atoms with E-state index in [1.807, 2.05) is 6.07 Å². The van der Waals surface area contributed by atoms with E-state index in [-0.39, 0.29) is 11.8 Å². The summed E-state index contributed by atoms with van der Waals surface area (Å²) in [5.74, 6) is -0.378. The van der Waals surface area contributed by atoms with Gasteiger partial charge in [-0.15, -0.1) is 0 Å². The number of piperidine rings is 1. The summed E-state index contributed by atoms with van der Waals surface area (Å²) in [5.41, 5.74) is 1.04. The van der Waals surface area contributed by atoms with Crippen LogP contribution in [0.1, 0.15) is 43.2 Å². The third kappa shape index (κ3) is 2.62. The number of likely N-dealkylation sites (tertiary alicyclic amines) is 1. The standard InChI is InChI=1S/C24H28N2O6/c27-16-4-3-14-9-17-24(31)6-5-15(10-18(28)25-11-19(29)30)22-23(24,20(14)21(16)32-22)7-8-26(17)12-13-1-2-13/h3-4,10,13,17,22,27,31H,1-2,5-9,11-12H2,(H,25,28)(H,29,30)/t17-,22+,23+,24-/m1/s1. The molecule has 2 aliphatic heterocycles. The van der Waals surface area contributed by atoms with Gasteiger partial charge < -0.3 is 25.4 Å². The average Bonchev–Trinajstić information content (AvgIpc) is 3.49. The minimum Gasteiger partial charge on any atom is -0.504 e. The zero-order valence-electron chi connectivity index (χ0n) is 17.8. The molecule has 1 aromatic carbocycles. The highest BCUT2D eigenvalue weighted by atomic mass is 16.5. The maximum atomic E-state index is 12.4. The van der Waals surface area contributed by atoms with Crippen molar-refractivity contribution in [1.29, 1.82) is 0 Å². The van der Waals surface area contributed by atoms with E-state index in [0.717, 1.165) is 42.1 Å². The fourth-order valence-corrected chi connectivity index (χ4v) is 6.87. The van der Waals surface area contributed by atoms with Gasteiger partial charge in [0.1, 0.15) is 12.6 Å². The first kappa shape index (κ1) is 20.1. The number of benzene rings is 1. The van der Waals surface area contributed by atoms with E-state index in [4.69, 9.17) is 9.84 Å². The maximum absolute atomic E-state index is 12.4. The Hall–Kier alpha value is -2.58. The zero-order valence-corrected chi connectivity index (χ0v) is 17.8. The van der Waals surface area contributed by atoms with Gasteiger partial charge in [0.2, 0.25) is 5.91 Å². The van der Waals surface area contributed by atoms with Gasteiger partial charge in [0.05, 0.1) is 11.0 Å². The number of nitrogens with zero attached hydrogens (tertiary/aromatic N) is 1. The minimum atomic E-state index is -1.11. The van der Waals surface area contributed by atoms with Crippen LogP contribution >= 0.6 is 0 Å². The Kier molecular flexibility index (Phi) is 4.21. The van der Waals surface area contributed by atoms with E-state index in [0.29, 0.717) is 25.0 Å². The number of phenolic OH excluding ortho intramolecular Hbond substituents is 1. The smallest absolute Gasteiger partial charge is 0.322 e. The first-order valence-corrected chi connectivity index (χ1v) is 11.5. The fourth-order valence-electron chi connectivity index (χ4n) is 6.87. The highest BCUT2D eigenvalue weighted by molar-refractivity contribution is 5.91. The predicted molar refractivity (Wildman–Crippen MR) is 114 cm³/mol. The summed E-state index contributed by atoms with van der Waals surface area (Å²) in [5, 5.41) is 34.2. The van der Waals surface area contributed by atoms with E-state index in [2.05, 4.69) is 10.2 Å². The van der Waals surface area contributed by atoms with E-state index in [1.54, 1.807) is 6.07 Å². The number of carboxylic acids is 1. The predicted octanol–water partition coefficient (Wildman–Crippen LogP) is 1.08. The molecule has 2 bridgehead atoms. The molecule has 6 rings (SSSR count). The third-order valence-electron chi connectivity index (χ3n) is 8.38. The summed E-state index contributed by atoms with van der Waals surface area (Å²) in [4.78, 5) is 25.7. The van der Waals surface area contributed by atoms with Crippen LogP contribution in [0.25, 0.3) is 0 Å². The molecule has 3 fully saturated rings. The SMILES string of the molecule is O=C(O)CNC(=O)C=C1CC[C@@]2(O)[C@H]3Cc4ccc(O)c5c4[C@@]2(CCN3CC2CC2)[C@H]1O5. The monoisotopic (exact) mass is 440 g/mol. The first-order chi connectivity index (χ1) is 15.3. The molecule has 2 heterocycles. The Labute approximate surface area is 185 Å². The lowest BCUT2D eigenvalue weighted by Crippen LogP contribution is -2.75. The van der Waals surface area contributed by atoms with Crippen LogP contribution in [0.5, 0.6) is 11.5 Å². The molecule has 32 heavy (non-hydrogen) atoms. The third-order valence-corrected chi connectivity index (χ3v) is 8.38. The normalized spacial score (nSPS) is 35.8. The summed E-state index contributed by atoms with van der Waals surface area (Å²) in [6, 6.07) is 3.59. The molecule has 1 saturated heterocycles. The average molecular weight is 440 g/mol. The second-order valence-electron chi connectivity index (χ2n) is 10.1. The quantitative estimate of drug-likeness (QED) is 0.506. The van der Waals surface area contributed by atoms with E-state index >= 15 is 0 Å². The fraction of sp³-hybridized carbons (Fsp3) is 0.583. The minimum absolute atomic E-state index is 0.0201. The molecule has 5 aliphatic rings. The molecule has 8 heteroatoms. The molecular formula is C24H28N2O6. The van der Waals surface area contributed by atoms with Gasteiger partial charge >= 0.3 is 5.97 Å². The van der Waals surface area contributed by atoms with Crippen molar-refractivity contribution in [3.05, 3.63) is 34.9 Å². The largest absolute Gasteiger partial charge is 0.504 e. The molecule has 1 spiro atoms. The van der Waals surface area contributed by atoms with Crippen LogP contribution in [-0.4, -0.2) is 69.5 Å². The lowest BCUT2D eigenvalue weighted by molar-refractivity contribution is -0.174. The van der Waals surface area contributed by atoms with Crippen molar-refractivity contribution in [3.8, 4) is 11.5 Å². The van der Waals surface area contributed by atoms with Crippen molar-refractivity contribution < 1.29 is 29.6 Å². The lowest BCUT2D eigenvalue weighted by Gasteiger charge is -2.63. The molecule has 1 amide bonds. The van der Waals surface area contributed by atoms with Crippen LogP contribution in [0, 0.1) is 5.92 Å². The van der Waals surface area contributed by atoms with Crippen LogP contribution in [0.3, 0.4) is 0 Å². The van der Waals surface area contributed by atoms with Gasteiger partial charge in [-0.3, -0.25) is 14.5 Å². The highest BCUT2D eigenvalue weighted by Crippen LogP contribution is 2.66. The van der Waals surface area contributed by atoms with E-state index in [1.165, 1.54) is 18.9 Å². The van der Waals surface area contributed by atoms with Crippen LogP contribution in [0.15, 0.2) is 23.8 Å². The van der Waals surface area contributed by atoms with Crippen LogP contribution in [0.4, 0.5) is 0 Å². The number of hydrogen-bond acceptors (Lipinski definition) is 6. The lowest BCUT2D eigenvalue weighted by atomic mass is 9.48. The number of aliphatic hydroxyl groups is 1. The number of carboxylic acid groups (broad SMARTS) is 1. The second kappa shape index (κ2) is 6.71. The molecule has 170 valence electrons. The molecule has 4 atom stereocenters. The van der Waals surface area contributed by atoms with Crippen molar-refractivity contribution in [2.75, 3.05) is 19.6 Å². The summed E-state index contributed by atoms with van der Waals surface area (Å²) in [7, 11) is 0. The van der Waals surface area contributed by atoms with Crippen molar-refractivity contribution in [2.45, 2.75) is 61.7 Å². The summed E-state index contributed by atoms with van der Waals surface area (Å²) < 4.78 is 6.35. The number of aliphatic carboxylic acids is 1. The van der Waals surface area contributed by atoms with Gasteiger partial charge in [0.15, 0.2) is 11.5 Å². The molecule has 2 saturated carbocycles. The number of carbonyl (C=O) groups is 2. The van der Waals surface area contributed by atoms with Crippen molar-refractivity contribution in [1.82, 2.24) is 10.2 Å². The summed E-state index contributed by atoms with van der Waals surface area (Å²) in [6.07, 6.45) is 5.80.